The smallest absolute Gasteiger partial charge is 0.408 e. The number of carbonyl (C=O) groups excluding carboxylic acids is 3. The Morgan fingerprint density at radius 1 is 0.933 bits per heavy atom. The molecule has 0 saturated carbocycles. The van der Waals surface area contributed by atoms with Gasteiger partial charge in [-0.3, -0.25) is 4.79 Å². The van der Waals surface area contributed by atoms with Crippen molar-refractivity contribution >= 4 is 35.2 Å². The number of hydrogen-bond donors (Lipinski definition) is 2. The number of thiocarbonyl (C=S) groups is 1. The van der Waals surface area contributed by atoms with Crippen LogP contribution in [0.1, 0.15) is 73.6 Å². The van der Waals surface area contributed by atoms with Gasteiger partial charge in [-0.25, -0.2) is 9.59 Å². The third-order valence-corrected chi connectivity index (χ3v) is 4.66. The second-order valence-corrected chi connectivity index (χ2v) is 9.87. The molecule has 1 aliphatic rings. The van der Waals surface area contributed by atoms with Crippen molar-refractivity contribution in [3.05, 3.63) is 0 Å². The third kappa shape index (κ3) is 10.8. The Labute approximate surface area is 185 Å². The Kier molecular flexibility index (Phi) is 10.0. The summed E-state index contributed by atoms with van der Waals surface area (Å²) in [6.07, 6.45) is 2.73. The zero-order chi connectivity index (χ0) is 22.9. The summed E-state index contributed by atoms with van der Waals surface area (Å²) in [4.78, 5) is 39.2. The minimum Gasteiger partial charge on any atom is -0.444 e. The molecule has 2 N–H and O–H groups in total. The van der Waals surface area contributed by atoms with Gasteiger partial charge in [0, 0.05) is 19.6 Å². The molecule has 1 heterocycles. The van der Waals surface area contributed by atoms with Crippen molar-refractivity contribution in [2.75, 3.05) is 19.6 Å². The van der Waals surface area contributed by atoms with Crippen LogP contribution in [0.25, 0.3) is 0 Å². The van der Waals surface area contributed by atoms with Crippen molar-refractivity contribution in [3.8, 4) is 0 Å². The highest BCUT2D eigenvalue weighted by Gasteiger charge is 2.29. The number of nitrogens with zero attached hydrogens (tertiary/aromatic N) is 1. The zero-order valence-electron chi connectivity index (χ0n) is 19.1. The normalized spacial score (nSPS) is 15.7. The van der Waals surface area contributed by atoms with Crippen molar-refractivity contribution < 1.29 is 23.9 Å². The first-order valence-electron chi connectivity index (χ1n) is 10.6. The van der Waals surface area contributed by atoms with Crippen LogP contribution in [0.3, 0.4) is 0 Å². The maximum absolute atomic E-state index is 13.0. The molecule has 8 nitrogen and oxygen atoms in total. The van der Waals surface area contributed by atoms with Crippen LogP contribution in [0, 0.1) is 0 Å². The van der Waals surface area contributed by atoms with Gasteiger partial charge in [0.15, 0.2) is 0 Å². The van der Waals surface area contributed by atoms with E-state index in [9.17, 15) is 14.4 Å². The third-order valence-electron chi connectivity index (χ3n) is 4.20. The minimum absolute atomic E-state index is 0.246. The maximum atomic E-state index is 13.0. The van der Waals surface area contributed by atoms with Gasteiger partial charge in [-0.05, 0) is 73.6 Å². The topological polar surface area (TPSA) is 97.0 Å². The predicted molar refractivity (Wildman–Crippen MR) is 120 cm³/mol. The van der Waals surface area contributed by atoms with E-state index < -0.39 is 29.4 Å². The summed E-state index contributed by atoms with van der Waals surface area (Å²) < 4.78 is 10.5. The van der Waals surface area contributed by atoms with Gasteiger partial charge in [0.2, 0.25) is 5.78 Å². The van der Waals surface area contributed by atoms with E-state index in [0.29, 0.717) is 19.4 Å². The highest BCUT2D eigenvalue weighted by molar-refractivity contribution is 7.82. The van der Waals surface area contributed by atoms with Crippen LogP contribution in [-0.4, -0.2) is 64.7 Å². The van der Waals surface area contributed by atoms with E-state index in [4.69, 9.17) is 21.7 Å². The molecular weight excluding hydrogens is 406 g/mol. The number of hydrogen-bond acceptors (Lipinski definition) is 6. The quantitative estimate of drug-likeness (QED) is 0.459. The Morgan fingerprint density at radius 3 is 2.00 bits per heavy atom. The van der Waals surface area contributed by atoms with Crippen LogP contribution in [0.2, 0.25) is 0 Å². The summed E-state index contributed by atoms with van der Waals surface area (Å²) in [5.41, 5.74) is -1.26. The van der Waals surface area contributed by atoms with Crippen molar-refractivity contribution in [1.29, 1.82) is 0 Å². The van der Waals surface area contributed by atoms with Gasteiger partial charge in [-0.2, -0.15) is 0 Å². The molecule has 172 valence electrons. The van der Waals surface area contributed by atoms with E-state index in [1.165, 1.54) is 0 Å². The molecule has 2 amide bonds. The van der Waals surface area contributed by atoms with E-state index in [1.54, 1.807) is 41.5 Å². The van der Waals surface area contributed by atoms with Crippen LogP contribution in [0.5, 0.6) is 0 Å². The molecule has 0 aromatic rings. The Balaban J connectivity index is 2.67. The van der Waals surface area contributed by atoms with E-state index in [-0.39, 0.29) is 10.8 Å². The van der Waals surface area contributed by atoms with E-state index in [0.717, 1.165) is 32.4 Å². The number of amides is 2. The lowest BCUT2D eigenvalue weighted by atomic mass is 10.0. The molecule has 1 saturated heterocycles. The average molecular weight is 444 g/mol. The maximum Gasteiger partial charge on any atom is 0.408 e. The van der Waals surface area contributed by atoms with Gasteiger partial charge < -0.3 is 25.0 Å². The van der Waals surface area contributed by atoms with Crippen molar-refractivity contribution in [2.24, 2.45) is 0 Å². The number of likely N-dealkylation sites (tertiary alicyclic amines) is 1. The molecule has 0 unspecified atom stereocenters. The largest absolute Gasteiger partial charge is 0.444 e. The first kappa shape index (κ1) is 26.1. The van der Waals surface area contributed by atoms with Crippen LogP contribution in [-0.2, 0) is 14.3 Å². The number of ketones is 1. The van der Waals surface area contributed by atoms with Crippen LogP contribution >= 0.6 is 12.2 Å². The highest BCUT2D eigenvalue weighted by atomic mass is 32.1. The number of rotatable bonds is 7. The fourth-order valence-electron chi connectivity index (χ4n) is 2.93. The lowest BCUT2D eigenvalue weighted by molar-refractivity contribution is -0.115. The van der Waals surface area contributed by atoms with Crippen molar-refractivity contribution in [3.63, 3.8) is 0 Å². The zero-order valence-corrected chi connectivity index (χ0v) is 19.9. The Bertz CT molecular complexity index is 619. The average Bonchev–Trinajstić information content (AvgIpc) is 2.60. The molecule has 30 heavy (non-hydrogen) atoms. The fraction of sp³-hybridized carbons (Fsp3) is 0.810. The molecule has 0 radical (unpaired) electrons. The second kappa shape index (κ2) is 11.5. The molecule has 0 aromatic carbocycles. The number of piperidine rings is 1. The van der Waals surface area contributed by atoms with Gasteiger partial charge in [0.25, 0.3) is 0 Å². The summed E-state index contributed by atoms with van der Waals surface area (Å²) in [5, 5.41) is 5.31. The first-order valence-corrected chi connectivity index (χ1v) is 11.0. The summed E-state index contributed by atoms with van der Waals surface area (Å²) in [6, 6.07) is -0.810. The van der Waals surface area contributed by atoms with Crippen molar-refractivity contribution in [1.82, 2.24) is 15.5 Å². The SMILES string of the molecule is CC(C)(C)OC(=O)NCCC[C@H](NC(=O)OC(C)(C)C)C(=O)C(=S)N1CCCCC1. The second-order valence-electron chi connectivity index (χ2n) is 9.49. The van der Waals surface area contributed by atoms with Gasteiger partial charge >= 0.3 is 12.2 Å². The lowest BCUT2D eigenvalue weighted by Crippen LogP contribution is -2.50. The molecule has 0 aliphatic carbocycles. The highest BCUT2D eigenvalue weighted by Crippen LogP contribution is 2.13. The minimum atomic E-state index is -0.810. The summed E-state index contributed by atoms with van der Waals surface area (Å²) in [7, 11) is 0. The molecule has 1 aliphatic heterocycles. The van der Waals surface area contributed by atoms with Crippen molar-refractivity contribution in [2.45, 2.75) is 90.9 Å². The molecule has 1 rings (SSSR count). The number of nitrogens with one attached hydrogen (secondary N) is 2. The molecule has 1 atom stereocenters. The monoisotopic (exact) mass is 443 g/mol. The standard InChI is InChI=1S/C21H37N3O5S/c1-20(2,3)28-18(26)22-12-10-11-15(23-19(27)29-21(4,5)6)16(25)17(30)24-13-8-7-9-14-24/h15H,7-14H2,1-6H3,(H,22,26)(H,23,27)/t15-/m0/s1. The number of Topliss-reactive ketones (excluding diaryl/α,β-unsaturated/α-hetero) is 1. The molecular formula is C21H37N3O5S. The Morgan fingerprint density at radius 2 is 1.47 bits per heavy atom. The van der Waals surface area contributed by atoms with Gasteiger partial charge in [-0.15, -0.1) is 0 Å². The molecule has 0 spiro atoms. The summed E-state index contributed by atoms with van der Waals surface area (Å²) >= 11 is 5.41. The number of alkyl carbamates (subject to hydrolysis) is 2. The van der Waals surface area contributed by atoms with Crippen LogP contribution in [0.4, 0.5) is 9.59 Å². The summed E-state index contributed by atoms with van der Waals surface area (Å²) in [5.74, 6) is -0.296. The van der Waals surface area contributed by atoms with Gasteiger partial charge in [0.05, 0.1) is 6.04 Å². The molecule has 1 fully saturated rings. The first-order chi connectivity index (χ1) is 13.8. The van der Waals surface area contributed by atoms with Gasteiger partial charge in [-0.1, -0.05) is 12.2 Å². The van der Waals surface area contributed by atoms with Gasteiger partial charge in [0.1, 0.15) is 16.2 Å². The predicted octanol–water partition coefficient (Wildman–Crippen LogP) is 3.57. The van der Waals surface area contributed by atoms with Crippen LogP contribution < -0.4 is 10.6 Å². The fourth-order valence-corrected chi connectivity index (χ4v) is 3.26. The number of ether oxygens (including phenoxy) is 2. The van der Waals surface area contributed by atoms with Crippen LogP contribution in [0.15, 0.2) is 0 Å². The van der Waals surface area contributed by atoms with E-state index in [1.807, 2.05) is 4.90 Å². The van der Waals surface area contributed by atoms with E-state index >= 15 is 0 Å². The van der Waals surface area contributed by atoms with E-state index in [2.05, 4.69) is 10.6 Å². The molecule has 9 heteroatoms. The Hall–Kier alpha value is -1.90. The molecule has 0 aromatic heterocycles. The summed E-state index contributed by atoms with van der Waals surface area (Å²) in [6.45, 7) is 12.4. The lowest BCUT2D eigenvalue weighted by Gasteiger charge is -2.30. The molecule has 0 bridgehead atoms. The number of carbonyl (C=O) groups is 3.